The van der Waals surface area contributed by atoms with Crippen molar-refractivity contribution in [3.05, 3.63) is 48.6 Å². The Balaban J connectivity index is 3.18. The zero-order valence-corrected chi connectivity index (χ0v) is 7.81. The first-order chi connectivity index (χ1) is 6.79. The molecule has 1 aromatic rings. The standard InChI is InChI=1S/C12H11NO/c1-2-8-12(9-13,10-14)11-6-4-3-5-7-11/h2-7,10H,1,8H2. The summed E-state index contributed by atoms with van der Waals surface area (Å²) < 4.78 is 0. The fraction of sp³-hybridized carbons (Fsp3) is 0.167. The highest BCUT2D eigenvalue weighted by atomic mass is 16.1. The van der Waals surface area contributed by atoms with E-state index in [9.17, 15) is 4.79 Å². The maximum atomic E-state index is 11.0. The van der Waals surface area contributed by atoms with Gasteiger partial charge in [-0.05, 0) is 12.0 Å². The Morgan fingerprint density at radius 3 is 2.50 bits per heavy atom. The van der Waals surface area contributed by atoms with E-state index in [1.54, 1.807) is 18.2 Å². The van der Waals surface area contributed by atoms with E-state index in [4.69, 9.17) is 5.26 Å². The lowest BCUT2D eigenvalue weighted by Gasteiger charge is -2.17. The Bertz CT molecular complexity index is 364. The molecule has 0 N–H and O–H groups in total. The van der Waals surface area contributed by atoms with Gasteiger partial charge in [0.25, 0.3) is 0 Å². The van der Waals surface area contributed by atoms with E-state index in [-0.39, 0.29) is 0 Å². The summed E-state index contributed by atoms with van der Waals surface area (Å²) in [6.07, 6.45) is 2.62. The molecule has 1 atom stereocenters. The van der Waals surface area contributed by atoms with Gasteiger partial charge in [-0.15, -0.1) is 6.58 Å². The van der Waals surface area contributed by atoms with E-state index in [0.717, 1.165) is 5.56 Å². The SMILES string of the molecule is C=CCC(C#N)(C=O)c1ccccc1. The van der Waals surface area contributed by atoms with Gasteiger partial charge in [-0.25, -0.2) is 0 Å². The van der Waals surface area contributed by atoms with Gasteiger partial charge in [0.1, 0.15) is 11.7 Å². The van der Waals surface area contributed by atoms with Crippen LogP contribution >= 0.6 is 0 Å². The molecule has 2 heteroatoms. The second-order valence-electron chi connectivity index (χ2n) is 3.06. The molecule has 0 radical (unpaired) electrons. The van der Waals surface area contributed by atoms with Crippen molar-refractivity contribution in [3.8, 4) is 6.07 Å². The quantitative estimate of drug-likeness (QED) is 0.533. The van der Waals surface area contributed by atoms with Gasteiger partial charge in [0.05, 0.1) is 6.07 Å². The summed E-state index contributed by atoms with van der Waals surface area (Å²) in [5, 5.41) is 9.03. The predicted molar refractivity (Wildman–Crippen MR) is 54.6 cm³/mol. The molecule has 0 aliphatic heterocycles. The van der Waals surface area contributed by atoms with Crippen molar-refractivity contribution in [3.63, 3.8) is 0 Å². The Morgan fingerprint density at radius 2 is 2.07 bits per heavy atom. The lowest BCUT2D eigenvalue weighted by molar-refractivity contribution is -0.110. The number of nitrogens with zero attached hydrogens (tertiary/aromatic N) is 1. The van der Waals surface area contributed by atoms with Crippen LogP contribution in [-0.4, -0.2) is 6.29 Å². The molecule has 1 rings (SSSR count). The third kappa shape index (κ3) is 1.72. The van der Waals surface area contributed by atoms with Gasteiger partial charge in [-0.2, -0.15) is 5.26 Å². The summed E-state index contributed by atoms with van der Waals surface area (Å²) in [4.78, 5) is 11.0. The molecule has 0 amide bonds. The largest absolute Gasteiger partial charge is 0.301 e. The van der Waals surface area contributed by atoms with Crippen LogP contribution in [0.5, 0.6) is 0 Å². The third-order valence-electron chi connectivity index (χ3n) is 2.16. The van der Waals surface area contributed by atoms with E-state index in [2.05, 4.69) is 6.58 Å². The van der Waals surface area contributed by atoms with Crippen molar-refractivity contribution in [1.29, 1.82) is 5.26 Å². The maximum Gasteiger partial charge on any atom is 0.145 e. The third-order valence-corrected chi connectivity index (χ3v) is 2.16. The first-order valence-electron chi connectivity index (χ1n) is 4.33. The smallest absolute Gasteiger partial charge is 0.145 e. The highest BCUT2D eigenvalue weighted by Gasteiger charge is 2.30. The predicted octanol–water partition coefficient (Wildman–Crippen LogP) is 2.22. The average molecular weight is 185 g/mol. The Kier molecular flexibility index (Phi) is 3.19. The molecular formula is C12H11NO. The molecule has 0 aliphatic carbocycles. The minimum Gasteiger partial charge on any atom is -0.301 e. The number of allylic oxidation sites excluding steroid dienone is 1. The molecule has 14 heavy (non-hydrogen) atoms. The van der Waals surface area contributed by atoms with Gasteiger partial charge >= 0.3 is 0 Å². The number of rotatable bonds is 4. The molecule has 0 bridgehead atoms. The van der Waals surface area contributed by atoms with E-state index in [1.807, 2.05) is 24.3 Å². The summed E-state index contributed by atoms with van der Waals surface area (Å²) in [6, 6.07) is 11.1. The fourth-order valence-corrected chi connectivity index (χ4v) is 1.33. The number of carbonyl (C=O) groups excluding carboxylic acids is 1. The van der Waals surface area contributed by atoms with E-state index in [1.165, 1.54) is 0 Å². The van der Waals surface area contributed by atoms with E-state index < -0.39 is 5.41 Å². The molecule has 0 saturated heterocycles. The van der Waals surface area contributed by atoms with Crippen LogP contribution in [0.2, 0.25) is 0 Å². The number of nitriles is 1. The molecule has 1 unspecified atom stereocenters. The Hall–Kier alpha value is -1.88. The van der Waals surface area contributed by atoms with E-state index >= 15 is 0 Å². The van der Waals surface area contributed by atoms with Gasteiger partial charge < -0.3 is 4.79 Å². The lowest BCUT2D eigenvalue weighted by Crippen LogP contribution is -2.24. The zero-order chi connectivity index (χ0) is 10.4. The highest BCUT2D eigenvalue weighted by Crippen LogP contribution is 2.25. The molecule has 70 valence electrons. The molecule has 0 aromatic heterocycles. The number of carbonyl (C=O) groups is 1. The average Bonchev–Trinajstić information content (AvgIpc) is 2.27. The van der Waals surface area contributed by atoms with Crippen molar-refractivity contribution in [2.24, 2.45) is 0 Å². The molecular weight excluding hydrogens is 174 g/mol. The minimum atomic E-state index is -1.07. The van der Waals surface area contributed by atoms with Crippen molar-refractivity contribution in [2.45, 2.75) is 11.8 Å². The van der Waals surface area contributed by atoms with Crippen molar-refractivity contribution in [1.82, 2.24) is 0 Å². The minimum absolute atomic E-state index is 0.344. The highest BCUT2D eigenvalue weighted by molar-refractivity contribution is 5.73. The van der Waals surface area contributed by atoms with Crippen LogP contribution in [0.3, 0.4) is 0 Å². The summed E-state index contributed by atoms with van der Waals surface area (Å²) >= 11 is 0. The monoisotopic (exact) mass is 185 g/mol. The zero-order valence-electron chi connectivity index (χ0n) is 7.81. The van der Waals surface area contributed by atoms with Gasteiger partial charge in [-0.3, -0.25) is 0 Å². The van der Waals surface area contributed by atoms with Gasteiger partial charge in [0, 0.05) is 0 Å². The normalized spacial score (nSPS) is 13.6. The second-order valence-corrected chi connectivity index (χ2v) is 3.06. The van der Waals surface area contributed by atoms with Crippen LogP contribution in [0.15, 0.2) is 43.0 Å². The molecule has 1 aromatic carbocycles. The van der Waals surface area contributed by atoms with Crippen LogP contribution in [0, 0.1) is 11.3 Å². The van der Waals surface area contributed by atoms with Crippen LogP contribution in [-0.2, 0) is 10.2 Å². The summed E-state index contributed by atoms with van der Waals surface area (Å²) in [5.41, 5.74) is -0.347. The fourth-order valence-electron chi connectivity index (χ4n) is 1.33. The molecule has 2 nitrogen and oxygen atoms in total. The summed E-state index contributed by atoms with van der Waals surface area (Å²) in [5.74, 6) is 0. The van der Waals surface area contributed by atoms with Gasteiger partial charge in [-0.1, -0.05) is 36.4 Å². The van der Waals surface area contributed by atoms with Gasteiger partial charge in [0.2, 0.25) is 0 Å². The second kappa shape index (κ2) is 4.38. The van der Waals surface area contributed by atoms with E-state index in [0.29, 0.717) is 12.7 Å². The first-order valence-corrected chi connectivity index (χ1v) is 4.33. The Labute approximate surface area is 83.5 Å². The summed E-state index contributed by atoms with van der Waals surface area (Å²) in [7, 11) is 0. The number of benzene rings is 1. The maximum absolute atomic E-state index is 11.0. The van der Waals surface area contributed by atoms with Crippen LogP contribution in [0.4, 0.5) is 0 Å². The summed E-state index contributed by atoms with van der Waals surface area (Å²) in [6.45, 7) is 3.56. The van der Waals surface area contributed by atoms with Crippen LogP contribution in [0.1, 0.15) is 12.0 Å². The molecule has 0 spiro atoms. The number of aldehydes is 1. The first kappa shape index (κ1) is 10.2. The number of hydrogen-bond donors (Lipinski definition) is 0. The van der Waals surface area contributed by atoms with Crippen molar-refractivity contribution >= 4 is 6.29 Å². The van der Waals surface area contributed by atoms with Crippen LogP contribution < -0.4 is 0 Å². The van der Waals surface area contributed by atoms with Crippen molar-refractivity contribution in [2.75, 3.05) is 0 Å². The molecule has 0 aliphatic rings. The number of hydrogen-bond acceptors (Lipinski definition) is 2. The topological polar surface area (TPSA) is 40.9 Å². The Morgan fingerprint density at radius 1 is 1.43 bits per heavy atom. The van der Waals surface area contributed by atoms with Gasteiger partial charge in [0.15, 0.2) is 0 Å². The molecule has 0 saturated carbocycles. The molecule has 0 heterocycles. The van der Waals surface area contributed by atoms with Crippen LogP contribution in [0.25, 0.3) is 0 Å². The molecule has 0 fully saturated rings. The van der Waals surface area contributed by atoms with Crippen molar-refractivity contribution < 1.29 is 4.79 Å². The lowest BCUT2D eigenvalue weighted by atomic mass is 9.80.